The average molecular weight is 275 g/mol. The molecule has 0 aliphatic carbocycles. The molecule has 0 bridgehead atoms. The van der Waals surface area contributed by atoms with Crippen LogP contribution in [-0.2, 0) is 0 Å². The summed E-state index contributed by atoms with van der Waals surface area (Å²) in [4.78, 5) is 15.5. The second-order valence-electron chi connectivity index (χ2n) is 3.76. The SMILES string of the molecule is COc1ccccc1-c1ccc(C(=O)O)c(SC)n1. The fraction of sp³-hybridized carbons (Fsp3) is 0.143. The molecule has 1 N–H and O–H groups in total. The maximum absolute atomic E-state index is 11.1. The van der Waals surface area contributed by atoms with Crippen LogP contribution >= 0.6 is 11.8 Å². The van der Waals surface area contributed by atoms with Gasteiger partial charge in [0.15, 0.2) is 0 Å². The molecule has 1 aromatic heterocycles. The number of methoxy groups -OCH3 is 1. The Bertz CT molecular complexity index is 613. The molecule has 0 fully saturated rings. The molecule has 0 unspecified atom stereocenters. The van der Waals surface area contributed by atoms with Crippen molar-refractivity contribution in [1.29, 1.82) is 0 Å². The van der Waals surface area contributed by atoms with E-state index in [0.717, 1.165) is 5.56 Å². The largest absolute Gasteiger partial charge is 0.496 e. The number of thioether (sulfide) groups is 1. The van der Waals surface area contributed by atoms with Gasteiger partial charge in [-0.25, -0.2) is 9.78 Å². The number of para-hydroxylation sites is 1. The summed E-state index contributed by atoms with van der Waals surface area (Å²) in [5.41, 5.74) is 1.76. The normalized spacial score (nSPS) is 10.2. The van der Waals surface area contributed by atoms with Gasteiger partial charge in [0.25, 0.3) is 0 Å². The number of carboxylic acid groups (broad SMARTS) is 1. The van der Waals surface area contributed by atoms with E-state index in [9.17, 15) is 4.79 Å². The lowest BCUT2D eigenvalue weighted by atomic mass is 10.1. The van der Waals surface area contributed by atoms with Crippen LogP contribution in [0.1, 0.15) is 10.4 Å². The highest BCUT2D eigenvalue weighted by molar-refractivity contribution is 7.98. The number of aromatic carboxylic acids is 1. The molecule has 0 atom stereocenters. The maximum Gasteiger partial charge on any atom is 0.338 e. The van der Waals surface area contributed by atoms with Gasteiger partial charge >= 0.3 is 5.97 Å². The molecule has 0 saturated heterocycles. The van der Waals surface area contributed by atoms with Crippen molar-refractivity contribution in [3.63, 3.8) is 0 Å². The van der Waals surface area contributed by atoms with Crippen LogP contribution in [0.25, 0.3) is 11.3 Å². The summed E-state index contributed by atoms with van der Waals surface area (Å²) in [5, 5.41) is 9.58. The molecule has 4 nitrogen and oxygen atoms in total. The van der Waals surface area contributed by atoms with Crippen LogP contribution in [0.2, 0.25) is 0 Å². The van der Waals surface area contributed by atoms with Crippen molar-refractivity contribution in [3.8, 4) is 17.0 Å². The highest BCUT2D eigenvalue weighted by Gasteiger charge is 2.14. The van der Waals surface area contributed by atoms with E-state index in [1.54, 1.807) is 25.5 Å². The van der Waals surface area contributed by atoms with Crippen molar-refractivity contribution in [3.05, 3.63) is 42.0 Å². The minimum Gasteiger partial charge on any atom is -0.496 e. The van der Waals surface area contributed by atoms with Gasteiger partial charge in [0.1, 0.15) is 10.8 Å². The molecule has 1 heterocycles. The number of hydrogen-bond donors (Lipinski definition) is 1. The molecule has 0 aliphatic rings. The van der Waals surface area contributed by atoms with E-state index in [0.29, 0.717) is 16.5 Å². The minimum atomic E-state index is -0.969. The zero-order valence-electron chi connectivity index (χ0n) is 10.6. The zero-order valence-corrected chi connectivity index (χ0v) is 11.4. The van der Waals surface area contributed by atoms with Crippen molar-refractivity contribution in [2.75, 3.05) is 13.4 Å². The lowest BCUT2D eigenvalue weighted by Crippen LogP contribution is -2.01. The van der Waals surface area contributed by atoms with Crippen molar-refractivity contribution in [1.82, 2.24) is 4.98 Å². The molecule has 0 radical (unpaired) electrons. The molecule has 5 heteroatoms. The number of ether oxygens (including phenoxy) is 1. The number of pyridine rings is 1. The highest BCUT2D eigenvalue weighted by atomic mass is 32.2. The van der Waals surface area contributed by atoms with Gasteiger partial charge in [-0.3, -0.25) is 0 Å². The number of rotatable bonds is 4. The molecule has 19 heavy (non-hydrogen) atoms. The molecule has 98 valence electrons. The first kappa shape index (κ1) is 13.4. The van der Waals surface area contributed by atoms with Crippen molar-refractivity contribution < 1.29 is 14.6 Å². The van der Waals surface area contributed by atoms with Gasteiger partial charge in [-0.2, -0.15) is 0 Å². The van der Waals surface area contributed by atoms with Gasteiger partial charge in [-0.05, 0) is 30.5 Å². The monoisotopic (exact) mass is 275 g/mol. The topological polar surface area (TPSA) is 59.4 Å². The number of carbonyl (C=O) groups is 1. The van der Waals surface area contributed by atoms with E-state index in [1.807, 2.05) is 24.3 Å². The summed E-state index contributed by atoms with van der Waals surface area (Å²) < 4.78 is 5.29. The first-order valence-electron chi connectivity index (χ1n) is 5.59. The summed E-state index contributed by atoms with van der Waals surface area (Å²) in [6.07, 6.45) is 1.81. The number of hydrogen-bond acceptors (Lipinski definition) is 4. The van der Waals surface area contributed by atoms with Gasteiger partial charge < -0.3 is 9.84 Å². The van der Waals surface area contributed by atoms with Gasteiger partial charge in [-0.1, -0.05) is 12.1 Å². The standard InChI is InChI=1S/C14H13NO3S/c1-18-12-6-4-3-5-9(12)11-8-7-10(14(16)17)13(15-11)19-2/h3-8H,1-2H3,(H,16,17). The number of nitrogens with zero attached hydrogens (tertiary/aromatic N) is 1. The van der Waals surface area contributed by atoms with Crippen LogP contribution in [0.5, 0.6) is 5.75 Å². The lowest BCUT2D eigenvalue weighted by Gasteiger charge is -2.09. The summed E-state index contributed by atoms with van der Waals surface area (Å²) in [6.45, 7) is 0. The third kappa shape index (κ3) is 2.71. The Morgan fingerprint density at radius 3 is 2.63 bits per heavy atom. The predicted octanol–water partition coefficient (Wildman–Crippen LogP) is 3.18. The van der Waals surface area contributed by atoms with E-state index < -0.39 is 5.97 Å². The Balaban J connectivity index is 2.55. The van der Waals surface area contributed by atoms with E-state index in [2.05, 4.69) is 4.98 Å². The second-order valence-corrected chi connectivity index (χ2v) is 4.55. The molecule has 0 spiro atoms. The van der Waals surface area contributed by atoms with Crippen LogP contribution < -0.4 is 4.74 Å². The van der Waals surface area contributed by atoms with Crippen molar-refractivity contribution in [2.24, 2.45) is 0 Å². The number of carboxylic acids is 1. The number of aromatic nitrogens is 1. The van der Waals surface area contributed by atoms with Gasteiger partial charge in [0, 0.05) is 5.56 Å². The molecule has 0 aliphatic heterocycles. The van der Waals surface area contributed by atoms with Gasteiger partial charge in [0.05, 0.1) is 18.4 Å². The second kappa shape index (κ2) is 5.75. The maximum atomic E-state index is 11.1. The Morgan fingerprint density at radius 2 is 2.00 bits per heavy atom. The molecule has 2 rings (SSSR count). The molecular weight excluding hydrogens is 262 g/mol. The first-order valence-corrected chi connectivity index (χ1v) is 6.81. The third-order valence-electron chi connectivity index (χ3n) is 2.67. The molecular formula is C14H13NO3S. The summed E-state index contributed by atoms with van der Waals surface area (Å²) in [7, 11) is 1.60. The third-order valence-corrected chi connectivity index (χ3v) is 3.36. The lowest BCUT2D eigenvalue weighted by molar-refractivity contribution is 0.0692. The van der Waals surface area contributed by atoms with E-state index in [4.69, 9.17) is 9.84 Å². The van der Waals surface area contributed by atoms with E-state index in [1.165, 1.54) is 11.8 Å². The fourth-order valence-corrected chi connectivity index (χ4v) is 2.33. The van der Waals surface area contributed by atoms with Crippen LogP contribution in [0.15, 0.2) is 41.4 Å². The summed E-state index contributed by atoms with van der Waals surface area (Å²) >= 11 is 1.31. The minimum absolute atomic E-state index is 0.214. The Labute approximate surface area is 115 Å². The average Bonchev–Trinajstić information content (AvgIpc) is 2.46. The van der Waals surface area contributed by atoms with Crippen LogP contribution in [0.4, 0.5) is 0 Å². The highest BCUT2D eigenvalue weighted by Crippen LogP contribution is 2.30. The van der Waals surface area contributed by atoms with E-state index >= 15 is 0 Å². The zero-order chi connectivity index (χ0) is 13.8. The first-order chi connectivity index (χ1) is 9.17. The van der Waals surface area contributed by atoms with Gasteiger partial charge in [0.2, 0.25) is 0 Å². The summed E-state index contributed by atoms with van der Waals surface area (Å²) in [6, 6.07) is 10.8. The summed E-state index contributed by atoms with van der Waals surface area (Å²) in [5.74, 6) is -0.256. The molecule has 0 saturated carbocycles. The van der Waals surface area contributed by atoms with Crippen molar-refractivity contribution >= 4 is 17.7 Å². The van der Waals surface area contributed by atoms with Crippen molar-refractivity contribution in [2.45, 2.75) is 5.03 Å². The fourth-order valence-electron chi connectivity index (χ4n) is 1.77. The molecule has 0 amide bonds. The van der Waals surface area contributed by atoms with Gasteiger partial charge in [-0.15, -0.1) is 11.8 Å². The number of benzene rings is 1. The molecule has 1 aromatic carbocycles. The quantitative estimate of drug-likeness (QED) is 0.868. The smallest absolute Gasteiger partial charge is 0.338 e. The predicted molar refractivity (Wildman–Crippen MR) is 75.0 cm³/mol. The van der Waals surface area contributed by atoms with Crippen LogP contribution in [0, 0.1) is 0 Å². The molecule has 2 aromatic rings. The Hall–Kier alpha value is -2.01. The Kier molecular flexibility index (Phi) is 4.06. The Morgan fingerprint density at radius 1 is 1.26 bits per heavy atom. The van der Waals surface area contributed by atoms with Crippen LogP contribution in [-0.4, -0.2) is 29.4 Å². The van der Waals surface area contributed by atoms with Crippen LogP contribution in [0.3, 0.4) is 0 Å². The van der Waals surface area contributed by atoms with E-state index in [-0.39, 0.29) is 5.56 Å².